The van der Waals surface area contributed by atoms with Crippen LogP contribution in [0, 0.1) is 5.82 Å². The van der Waals surface area contributed by atoms with Gasteiger partial charge in [0.15, 0.2) is 0 Å². The van der Waals surface area contributed by atoms with Crippen molar-refractivity contribution in [3.63, 3.8) is 0 Å². The van der Waals surface area contributed by atoms with Gasteiger partial charge in [-0.1, -0.05) is 11.6 Å². The van der Waals surface area contributed by atoms with E-state index in [9.17, 15) is 13.2 Å². The van der Waals surface area contributed by atoms with Crippen LogP contribution in [-0.2, 0) is 6.42 Å². The van der Waals surface area contributed by atoms with Crippen molar-refractivity contribution in [1.82, 2.24) is 0 Å². The lowest BCUT2D eigenvalue weighted by atomic mass is 10.0. The second kappa shape index (κ2) is 6.13. The second-order valence-corrected chi connectivity index (χ2v) is 4.77. The first-order valence-corrected chi connectivity index (χ1v) is 6.32. The van der Waals surface area contributed by atoms with Crippen molar-refractivity contribution in [2.75, 3.05) is 11.5 Å². The van der Waals surface area contributed by atoms with Gasteiger partial charge in [0.05, 0.1) is 11.4 Å². The average Bonchev–Trinajstić information content (AvgIpc) is 2.41. The van der Waals surface area contributed by atoms with Crippen LogP contribution in [0.1, 0.15) is 11.1 Å². The van der Waals surface area contributed by atoms with Crippen molar-refractivity contribution in [2.45, 2.75) is 13.0 Å². The van der Waals surface area contributed by atoms with E-state index in [1.165, 1.54) is 30.3 Å². The van der Waals surface area contributed by atoms with Crippen molar-refractivity contribution >= 4 is 23.0 Å². The number of alkyl halides is 2. The normalized spacial score (nSPS) is 10.9. The van der Waals surface area contributed by atoms with Crippen LogP contribution in [-0.4, -0.2) is 6.61 Å². The number of ether oxygens (including phenoxy) is 1. The summed E-state index contributed by atoms with van der Waals surface area (Å²) in [5.74, 6) is -0.666. The van der Waals surface area contributed by atoms with E-state index in [4.69, 9.17) is 23.1 Å². The Kier molecular flexibility index (Phi) is 4.47. The van der Waals surface area contributed by atoms with Gasteiger partial charge < -0.3 is 16.2 Å². The van der Waals surface area contributed by atoms with Crippen molar-refractivity contribution in [1.29, 1.82) is 0 Å². The molecule has 0 radical (unpaired) electrons. The third-order valence-electron chi connectivity index (χ3n) is 2.94. The highest BCUT2D eigenvalue weighted by Crippen LogP contribution is 2.31. The van der Waals surface area contributed by atoms with Gasteiger partial charge in [0.2, 0.25) is 0 Å². The van der Waals surface area contributed by atoms with Crippen LogP contribution in [0.5, 0.6) is 5.75 Å². The van der Waals surface area contributed by atoms with Gasteiger partial charge >= 0.3 is 6.61 Å². The summed E-state index contributed by atoms with van der Waals surface area (Å²) in [5.41, 5.74) is 12.0. The van der Waals surface area contributed by atoms with Crippen molar-refractivity contribution < 1.29 is 17.9 Å². The molecule has 0 spiro atoms. The molecule has 0 heterocycles. The molecule has 0 unspecified atom stereocenters. The molecule has 2 aromatic carbocycles. The first kappa shape index (κ1) is 15.3. The topological polar surface area (TPSA) is 61.3 Å². The van der Waals surface area contributed by atoms with E-state index in [-0.39, 0.29) is 29.1 Å². The minimum Gasteiger partial charge on any atom is -0.435 e. The maximum atomic E-state index is 13.9. The lowest BCUT2D eigenvalue weighted by molar-refractivity contribution is -0.0503. The van der Waals surface area contributed by atoms with Gasteiger partial charge in [0.25, 0.3) is 0 Å². The van der Waals surface area contributed by atoms with Gasteiger partial charge in [-0.3, -0.25) is 0 Å². The van der Waals surface area contributed by atoms with Crippen LogP contribution in [0.2, 0.25) is 5.02 Å². The fourth-order valence-corrected chi connectivity index (χ4v) is 2.12. The van der Waals surface area contributed by atoms with Crippen LogP contribution in [0.3, 0.4) is 0 Å². The Morgan fingerprint density at radius 3 is 2.52 bits per heavy atom. The number of halogens is 4. The van der Waals surface area contributed by atoms with Crippen LogP contribution in [0.25, 0.3) is 0 Å². The molecule has 0 aliphatic heterocycles. The Bertz CT molecular complexity index is 665. The highest BCUT2D eigenvalue weighted by atomic mass is 35.5. The molecule has 0 aliphatic rings. The van der Waals surface area contributed by atoms with Gasteiger partial charge in [-0.15, -0.1) is 0 Å². The number of benzene rings is 2. The minimum atomic E-state index is -2.99. The summed E-state index contributed by atoms with van der Waals surface area (Å²) in [6, 6.07) is 6.62. The fourth-order valence-electron chi connectivity index (χ4n) is 1.92. The number of hydrogen-bond donors (Lipinski definition) is 2. The predicted molar refractivity (Wildman–Crippen MR) is 76.1 cm³/mol. The highest BCUT2D eigenvalue weighted by Gasteiger charge is 2.15. The maximum absolute atomic E-state index is 13.9. The quantitative estimate of drug-likeness (QED) is 0.843. The zero-order chi connectivity index (χ0) is 15.6. The molecule has 0 atom stereocenters. The van der Waals surface area contributed by atoms with Gasteiger partial charge in [-0.25, -0.2) is 4.39 Å². The molecule has 0 bridgehead atoms. The predicted octanol–water partition coefficient (Wildman–Crippen LogP) is 3.84. The van der Waals surface area contributed by atoms with Gasteiger partial charge in [0.1, 0.15) is 11.6 Å². The van der Waals surface area contributed by atoms with Crippen LogP contribution in [0.4, 0.5) is 24.5 Å². The lowest BCUT2D eigenvalue weighted by Crippen LogP contribution is -2.07. The maximum Gasteiger partial charge on any atom is 0.387 e. The summed E-state index contributed by atoms with van der Waals surface area (Å²) in [6.07, 6.45) is -0.0642. The summed E-state index contributed by atoms with van der Waals surface area (Å²) in [4.78, 5) is 0. The molecule has 0 fully saturated rings. The Morgan fingerprint density at radius 2 is 1.86 bits per heavy atom. The zero-order valence-electron chi connectivity index (χ0n) is 10.7. The zero-order valence-corrected chi connectivity index (χ0v) is 11.5. The number of rotatable bonds is 4. The van der Waals surface area contributed by atoms with Gasteiger partial charge in [0, 0.05) is 22.6 Å². The van der Waals surface area contributed by atoms with Gasteiger partial charge in [-0.05, 0) is 30.3 Å². The number of nitrogen functional groups attached to an aromatic ring is 2. The molecule has 21 heavy (non-hydrogen) atoms. The minimum absolute atomic E-state index is 0.0642. The van der Waals surface area contributed by atoms with E-state index in [1.54, 1.807) is 0 Å². The first-order valence-electron chi connectivity index (χ1n) is 5.94. The molecular formula is C14H12ClF3N2O. The monoisotopic (exact) mass is 316 g/mol. The standard InChI is InChI=1S/C14H12ClF3N2O/c15-8-1-4-12(21-14(17)18)7(5-8)6-9-10(16)2-3-11(19)13(9)20/h1-5,14H,6,19-20H2. The summed E-state index contributed by atoms with van der Waals surface area (Å²) >= 11 is 5.84. The molecule has 112 valence electrons. The van der Waals surface area contributed by atoms with Crippen LogP contribution < -0.4 is 16.2 Å². The molecule has 0 aromatic heterocycles. The second-order valence-electron chi connectivity index (χ2n) is 4.34. The molecule has 3 nitrogen and oxygen atoms in total. The summed E-state index contributed by atoms with van der Waals surface area (Å²) in [7, 11) is 0. The third-order valence-corrected chi connectivity index (χ3v) is 3.17. The largest absolute Gasteiger partial charge is 0.435 e. The van der Waals surface area contributed by atoms with E-state index in [2.05, 4.69) is 4.74 Å². The number of anilines is 2. The lowest BCUT2D eigenvalue weighted by Gasteiger charge is -2.14. The smallest absolute Gasteiger partial charge is 0.387 e. The van der Waals surface area contributed by atoms with Gasteiger partial charge in [-0.2, -0.15) is 8.78 Å². The molecule has 0 aliphatic carbocycles. The third kappa shape index (κ3) is 3.52. The number of nitrogens with two attached hydrogens (primary N) is 2. The van der Waals surface area contributed by atoms with E-state index < -0.39 is 12.4 Å². The highest BCUT2D eigenvalue weighted by molar-refractivity contribution is 6.30. The summed E-state index contributed by atoms with van der Waals surface area (Å²) < 4.78 is 43.0. The molecule has 0 saturated heterocycles. The van der Waals surface area contributed by atoms with E-state index in [0.29, 0.717) is 10.6 Å². The Hall–Kier alpha value is -2.08. The van der Waals surface area contributed by atoms with Crippen LogP contribution in [0.15, 0.2) is 30.3 Å². The molecule has 2 aromatic rings. The van der Waals surface area contributed by atoms with E-state index in [1.807, 2.05) is 0 Å². The van der Waals surface area contributed by atoms with Crippen molar-refractivity contribution in [2.24, 2.45) is 0 Å². The molecule has 0 amide bonds. The van der Waals surface area contributed by atoms with Crippen molar-refractivity contribution in [3.8, 4) is 5.75 Å². The summed E-state index contributed by atoms with van der Waals surface area (Å²) in [6.45, 7) is -2.99. The first-order chi connectivity index (χ1) is 9.88. The molecule has 4 N–H and O–H groups in total. The SMILES string of the molecule is Nc1ccc(F)c(Cc2cc(Cl)ccc2OC(F)F)c1N. The summed E-state index contributed by atoms with van der Waals surface area (Å²) in [5, 5.41) is 0.314. The Morgan fingerprint density at radius 1 is 1.14 bits per heavy atom. The molecule has 2 rings (SSSR count). The van der Waals surface area contributed by atoms with E-state index in [0.717, 1.165) is 0 Å². The molecule has 7 heteroatoms. The Labute approximate surface area is 124 Å². The van der Waals surface area contributed by atoms with E-state index >= 15 is 0 Å². The Balaban J connectivity index is 2.44. The fraction of sp³-hybridized carbons (Fsp3) is 0.143. The molecule has 0 saturated carbocycles. The number of hydrogen-bond acceptors (Lipinski definition) is 3. The average molecular weight is 317 g/mol. The van der Waals surface area contributed by atoms with Crippen LogP contribution >= 0.6 is 11.6 Å². The molecular weight excluding hydrogens is 305 g/mol. The van der Waals surface area contributed by atoms with Crippen molar-refractivity contribution in [3.05, 3.63) is 52.3 Å².